The highest BCUT2D eigenvalue weighted by Crippen LogP contribution is 2.28. The molecule has 0 aromatic carbocycles. The SMILES string of the molecule is CCCC(C)CN1CCN(CCO[C@H]2C[C@H](N(C)C(=O)C(C)CC)C2)CC1. The molecule has 0 spiro atoms. The molecule has 0 radical (unpaired) electrons. The summed E-state index contributed by atoms with van der Waals surface area (Å²) in [4.78, 5) is 19.4. The number of carbonyl (C=O) groups is 1. The summed E-state index contributed by atoms with van der Waals surface area (Å²) >= 11 is 0. The molecule has 1 amide bonds. The summed E-state index contributed by atoms with van der Waals surface area (Å²) in [5.74, 6) is 1.24. The van der Waals surface area contributed by atoms with Crippen LogP contribution in [-0.2, 0) is 9.53 Å². The van der Waals surface area contributed by atoms with E-state index in [9.17, 15) is 4.79 Å². The summed E-state index contributed by atoms with van der Waals surface area (Å²) < 4.78 is 6.06. The Morgan fingerprint density at radius 1 is 1.11 bits per heavy atom. The minimum absolute atomic E-state index is 0.138. The number of amides is 1. The second-order valence-corrected chi connectivity index (χ2v) is 8.91. The second kappa shape index (κ2) is 11.4. The van der Waals surface area contributed by atoms with Gasteiger partial charge in [-0.2, -0.15) is 0 Å². The minimum atomic E-state index is 0.138. The smallest absolute Gasteiger partial charge is 0.225 e. The van der Waals surface area contributed by atoms with Crippen molar-refractivity contribution in [3.05, 3.63) is 0 Å². The molecule has 2 fully saturated rings. The molecule has 0 N–H and O–H groups in total. The molecule has 5 heteroatoms. The minimum Gasteiger partial charge on any atom is -0.377 e. The van der Waals surface area contributed by atoms with Gasteiger partial charge >= 0.3 is 0 Å². The lowest BCUT2D eigenvalue weighted by atomic mass is 9.87. The first-order valence-corrected chi connectivity index (χ1v) is 11.3. The van der Waals surface area contributed by atoms with E-state index < -0.39 is 0 Å². The largest absolute Gasteiger partial charge is 0.377 e. The zero-order valence-electron chi connectivity index (χ0n) is 18.5. The van der Waals surface area contributed by atoms with E-state index in [1.54, 1.807) is 0 Å². The molecule has 158 valence electrons. The quantitative estimate of drug-likeness (QED) is 0.551. The third-order valence-electron chi connectivity index (χ3n) is 6.58. The van der Waals surface area contributed by atoms with Crippen LogP contribution in [0.4, 0.5) is 0 Å². The van der Waals surface area contributed by atoms with E-state index in [0.29, 0.717) is 12.1 Å². The normalized spacial score (nSPS) is 26.4. The maximum Gasteiger partial charge on any atom is 0.225 e. The number of hydrogen-bond donors (Lipinski definition) is 0. The van der Waals surface area contributed by atoms with E-state index in [4.69, 9.17) is 4.74 Å². The number of nitrogens with zero attached hydrogens (tertiary/aromatic N) is 3. The third kappa shape index (κ3) is 7.03. The van der Waals surface area contributed by atoms with Gasteiger partial charge in [-0.25, -0.2) is 0 Å². The van der Waals surface area contributed by atoms with E-state index in [0.717, 1.165) is 38.3 Å². The topological polar surface area (TPSA) is 36.0 Å². The first-order valence-electron chi connectivity index (χ1n) is 11.3. The van der Waals surface area contributed by atoms with Crippen molar-refractivity contribution in [1.29, 1.82) is 0 Å². The Kier molecular flexibility index (Phi) is 9.54. The van der Waals surface area contributed by atoms with Crippen LogP contribution in [0.25, 0.3) is 0 Å². The van der Waals surface area contributed by atoms with Gasteiger partial charge in [0.1, 0.15) is 0 Å². The molecule has 1 heterocycles. The van der Waals surface area contributed by atoms with Crippen molar-refractivity contribution in [2.75, 3.05) is 52.9 Å². The Labute approximate surface area is 167 Å². The zero-order valence-corrected chi connectivity index (χ0v) is 18.5. The number of ether oxygens (including phenoxy) is 1. The van der Waals surface area contributed by atoms with Crippen molar-refractivity contribution in [3.8, 4) is 0 Å². The van der Waals surface area contributed by atoms with Gasteiger partial charge in [0.2, 0.25) is 5.91 Å². The number of carbonyl (C=O) groups excluding carboxylic acids is 1. The van der Waals surface area contributed by atoms with Crippen LogP contribution in [0.1, 0.15) is 59.8 Å². The zero-order chi connectivity index (χ0) is 19.8. The van der Waals surface area contributed by atoms with Gasteiger partial charge in [-0.15, -0.1) is 0 Å². The van der Waals surface area contributed by atoms with E-state index in [1.165, 1.54) is 45.6 Å². The van der Waals surface area contributed by atoms with Crippen LogP contribution < -0.4 is 0 Å². The summed E-state index contributed by atoms with van der Waals surface area (Å²) in [5, 5.41) is 0. The van der Waals surface area contributed by atoms with Crippen molar-refractivity contribution in [1.82, 2.24) is 14.7 Å². The molecule has 2 atom stereocenters. The van der Waals surface area contributed by atoms with E-state index >= 15 is 0 Å². The van der Waals surface area contributed by atoms with Gasteiger partial charge in [0.15, 0.2) is 0 Å². The predicted octanol–water partition coefficient (Wildman–Crippen LogP) is 3.09. The van der Waals surface area contributed by atoms with Gasteiger partial charge in [-0.1, -0.05) is 34.1 Å². The second-order valence-electron chi connectivity index (χ2n) is 8.91. The fraction of sp³-hybridized carbons (Fsp3) is 0.955. The standard InChI is InChI=1S/C22H43N3O2/c1-6-8-18(3)17-25-11-9-24(10-12-25)13-14-27-21-15-20(16-21)23(5)22(26)19(4)7-2/h18-21H,6-17H2,1-5H3/t18?,19?,20-,21-. The van der Waals surface area contributed by atoms with Crippen LogP contribution in [0, 0.1) is 11.8 Å². The first-order chi connectivity index (χ1) is 12.9. The molecule has 0 aromatic rings. The average molecular weight is 382 g/mol. The first kappa shape index (κ1) is 22.6. The highest BCUT2D eigenvalue weighted by molar-refractivity contribution is 5.78. The molecule has 1 aliphatic carbocycles. The number of piperazine rings is 1. The van der Waals surface area contributed by atoms with Crippen LogP contribution in [0.5, 0.6) is 0 Å². The fourth-order valence-corrected chi connectivity index (χ4v) is 4.26. The lowest BCUT2D eigenvalue weighted by Crippen LogP contribution is -2.51. The van der Waals surface area contributed by atoms with Gasteiger partial charge in [0.25, 0.3) is 0 Å². The van der Waals surface area contributed by atoms with Gasteiger partial charge in [0.05, 0.1) is 12.7 Å². The average Bonchev–Trinajstić information content (AvgIpc) is 2.63. The predicted molar refractivity (Wildman–Crippen MR) is 112 cm³/mol. The van der Waals surface area contributed by atoms with E-state index in [-0.39, 0.29) is 11.8 Å². The molecule has 2 unspecified atom stereocenters. The van der Waals surface area contributed by atoms with E-state index in [2.05, 4.69) is 30.6 Å². The molecule has 1 aliphatic heterocycles. The Bertz CT molecular complexity index is 431. The van der Waals surface area contributed by atoms with Gasteiger partial charge in [-0.05, 0) is 31.6 Å². The summed E-state index contributed by atoms with van der Waals surface area (Å²) in [6.45, 7) is 16.6. The maximum absolute atomic E-state index is 12.2. The molecular weight excluding hydrogens is 338 g/mol. The number of hydrogen-bond acceptors (Lipinski definition) is 4. The van der Waals surface area contributed by atoms with Crippen molar-refractivity contribution in [2.45, 2.75) is 71.9 Å². The van der Waals surface area contributed by atoms with Gasteiger partial charge < -0.3 is 14.5 Å². The number of rotatable bonds is 11. The van der Waals surface area contributed by atoms with Crippen LogP contribution in [-0.4, -0.2) is 85.7 Å². The van der Waals surface area contributed by atoms with Crippen LogP contribution in [0.15, 0.2) is 0 Å². The van der Waals surface area contributed by atoms with E-state index in [1.807, 2.05) is 18.9 Å². The van der Waals surface area contributed by atoms with Crippen molar-refractivity contribution in [2.24, 2.45) is 11.8 Å². The molecule has 1 saturated heterocycles. The van der Waals surface area contributed by atoms with Crippen LogP contribution in [0.2, 0.25) is 0 Å². The summed E-state index contributed by atoms with van der Waals surface area (Å²) in [6.07, 6.45) is 5.90. The van der Waals surface area contributed by atoms with Crippen molar-refractivity contribution >= 4 is 5.91 Å². The Hall–Kier alpha value is -0.650. The van der Waals surface area contributed by atoms with Crippen molar-refractivity contribution in [3.63, 3.8) is 0 Å². The Balaban J connectivity index is 1.53. The van der Waals surface area contributed by atoms with Gasteiger partial charge in [-0.3, -0.25) is 9.69 Å². The molecule has 0 bridgehead atoms. The molecule has 2 aliphatic rings. The fourth-order valence-electron chi connectivity index (χ4n) is 4.26. The highest BCUT2D eigenvalue weighted by atomic mass is 16.5. The molecule has 27 heavy (non-hydrogen) atoms. The highest BCUT2D eigenvalue weighted by Gasteiger charge is 2.35. The maximum atomic E-state index is 12.2. The third-order valence-corrected chi connectivity index (χ3v) is 6.58. The molecule has 0 aromatic heterocycles. The molecule has 1 saturated carbocycles. The summed E-state index contributed by atoms with van der Waals surface area (Å²) in [6, 6.07) is 0.380. The monoisotopic (exact) mass is 381 g/mol. The lowest BCUT2D eigenvalue weighted by molar-refractivity contribution is -0.141. The Morgan fingerprint density at radius 3 is 2.33 bits per heavy atom. The summed E-state index contributed by atoms with van der Waals surface area (Å²) in [7, 11) is 1.95. The van der Waals surface area contributed by atoms with Crippen LogP contribution >= 0.6 is 0 Å². The molecule has 2 rings (SSSR count). The lowest BCUT2D eigenvalue weighted by Gasteiger charge is -2.42. The van der Waals surface area contributed by atoms with Crippen molar-refractivity contribution < 1.29 is 9.53 Å². The molecule has 5 nitrogen and oxygen atoms in total. The summed E-state index contributed by atoms with van der Waals surface area (Å²) in [5.41, 5.74) is 0. The van der Waals surface area contributed by atoms with Gasteiger partial charge in [0, 0.05) is 58.3 Å². The van der Waals surface area contributed by atoms with Crippen LogP contribution in [0.3, 0.4) is 0 Å². The Morgan fingerprint density at radius 2 is 1.74 bits per heavy atom. The molecular formula is C22H43N3O2.